The first-order valence-corrected chi connectivity index (χ1v) is 8.62. The molecular weight excluding hydrogens is 406 g/mol. The van der Waals surface area contributed by atoms with Crippen LogP contribution in [-0.4, -0.2) is 25.6 Å². The Bertz CT molecular complexity index is 1280. The van der Waals surface area contributed by atoms with Gasteiger partial charge in [0.2, 0.25) is 5.88 Å². The lowest BCUT2D eigenvalue weighted by atomic mass is 10.1. The van der Waals surface area contributed by atoms with Crippen LogP contribution in [0, 0.1) is 5.82 Å². The normalized spacial score (nSPS) is 11.7. The van der Waals surface area contributed by atoms with E-state index in [1.807, 2.05) is 0 Å². The zero-order chi connectivity index (χ0) is 21.5. The molecule has 2 aromatic carbocycles. The van der Waals surface area contributed by atoms with Crippen molar-refractivity contribution in [1.82, 2.24) is 14.1 Å². The fourth-order valence-electron chi connectivity index (χ4n) is 3.14. The third kappa shape index (κ3) is 3.71. The molecule has 0 amide bonds. The van der Waals surface area contributed by atoms with E-state index in [4.69, 9.17) is 0 Å². The Labute approximate surface area is 166 Å². The number of alkyl halides is 3. The monoisotopic (exact) mass is 419 g/mol. The van der Waals surface area contributed by atoms with Crippen molar-refractivity contribution in [1.29, 1.82) is 0 Å². The minimum Gasteiger partial charge on any atom is -0.493 e. The Morgan fingerprint density at radius 2 is 1.77 bits per heavy atom. The lowest BCUT2D eigenvalue weighted by Gasteiger charge is -2.10. The zero-order valence-electron chi connectivity index (χ0n) is 15.1. The van der Waals surface area contributed by atoms with Gasteiger partial charge >= 0.3 is 12.1 Å². The van der Waals surface area contributed by atoms with Crippen LogP contribution in [0.15, 0.2) is 65.7 Å². The number of halogens is 4. The molecule has 0 atom stereocenters. The maximum absolute atomic E-state index is 14.4. The molecule has 0 spiro atoms. The van der Waals surface area contributed by atoms with Crippen LogP contribution in [0.1, 0.15) is 5.56 Å². The van der Waals surface area contributed by atoms with Crippen molar-refractivity contribution >= 4 is 10.9 Å². The van der Waals surface area contributed by atoms with Gasteiger partial charge < -0.3 is 9.84 Å². The number of fused-ring (bicyclic) bond motifs is 1. The van der Waals surface area contributed by atoms with Crippen LogP contribution < -0.4 is 10.4 Å². The largest absolute Gasteiger partial charge is 0.573 e. The summed E-state index contributed by atoms with van der Waals surface area (Å²) in [7, 11) is 0. The average Bonchev–Trinajstić information content (AvgIpc) is 2.97. The summed E-state index contributed by atoms with van der Waals surface area (Å²) in [4.78, 5) is 16.8. The van der Waals surface area contributed by atoms with Gasteiger partial charge in [0.1, 0.15) is 11.6 Å². The lowest BCUT2D eigenvalue weighted by Crippen LogP contribution is -2.24. The van der Waals surface area contributed by atoms with Crippen LogP contribution in [0.3, 0.4) is 0 Å². The van der Waals surface area contributed by atoms with Crippen molar-refractivity contribution < 1.29 is 27.4 Å². The zero-order valence-corrected chi connectivity index (χ0v) is 15.1. The van der Waals surface area contributed by atoms with Crippen molar-refractivity contribution in [3.63, 3.8) is 0 Å². The van der Waals surface area contributed by atoms with E-state index in [2.05, 4.69) is 9.72 Å². The van der Waals surface area contributed by atoms with E-state index in [9.17, 15) is 27.5 Å². The maximum Gasteiger partial charge on any atom is 0.573 e. The van der Waals surface area contributed by atoms with E-state index in [0.717, 1.165) is 33.7 Å². The molecule has 0 aliphatic carbocycles. The van der Waals surface area contributed by atoms with Crippen LogP contribution in [0.2, 0.25) is 0 Å². The highest BCUT2D eigenvalue weighted by Gasteiger charge is 2.31. The third-order valence-corrected chi connectivity index (χ3v) is 4.43. The van der Waals surface area contributed by atoms with Gasteiger partial charge in [-0.2, -0.15) is 0 Å². The van der Waals surface area contributed by atoms with Gasteiger partial charge in [0.05, 0.1) is 30.1 Å². The highest BCUT2D eigenvalue weighted by molar-refractivity contribution is 5.82. The molecule has 0 aliphatic rings. The highest BCUT2D eigenvalue weighted by Crippen LogP contribution is 2.25. The number of aromatic nitrogens is 3. The molecule has 0 saturated carbocycles. The van der Waals surface area contributed by atoms with Crippen molar-refractivity contribution in [2.75, 3.05) is 0 Å². The third-order valence-electron chi connectivity index (χ3n) is 4.43. The molecule has 154 valence electrons. The summed E-state index contributed by atoms with van der Waals surface area (Å²) in [6, 6.07) is 11.2. The standard InChI is InChI=1S/C20H13F4N3O3/c21-16-9-25-17-4-2-1-3-14(17)15(16)10-26-11-18(28)27(19(26)29)12-5-7-13(8-6-12)30-20(22,23)24/h1-9,11,28H,10H2. The van der Waals surface area contributed by atoms with Crippen molar-refractivity contribution in [3.8, 4) is 17.3 Å². The topological polar surface area (TPSA) is 69.3 Å². The van der Waals surface area contributed by atoms with E-state index in [-0.39, 0.29) is 17.8 Å². The number of nitrogens with zero attached hydrogens (tertiary/aromatic N) is 3. The first-order chi connectivity index (χ1) is 14.2. The van der Waals surface area contributed by atoms with Gasteiger partial charge in [-0.05, 0) is 30.3 Å². The molecule has 0 fully saturated rings. The second kappa shape index (κ2) is 7.21. The lowest BCUT2D eigenvalue weighted by molar-refractivity contribution is -0.274. The summed E-state index contributed by atoms with van der Waals surface area (Å²) in [5.74, 6) is -1.53. The van der Waals surface area contributed by atoms with Crippen molar-refractivity contribution in [2.24, 2.45) is 0 Å². The number of imidazole rings is 1. The van der Waals surface area contributed by atoms with Gasteiger partial charge in [-0.25, -0.2) is 13.8 Å². The number of ether oxygens (including phenoxy) is 1. The summed E-state index contributed by atoms with van der Waals surface area (Å²) in [5.41, 5.74) is 0.183. The van der Waals surface area contributed by atoms with Gasteiger partial charge in [0.25, 0.3) is 0 Å². The maximum atomic E-state index is 14.4. The van der Waals surface area contributed by atoms with Crippen LogP contribution >= 0.6 is 0 Å². The molecule has 4 aromatic rings. The minimum atomic E-state index is -4.85. The Kier molecular flexibility index (Phi) is 4.69. The van der Waals surface area contributed by atoms with Crippen LogP contribution in [-0.2, 0) is 6.54 Å². The van der Waals surface area contributed by atoms with Crippen molar-refractivity contribution in [2.45, 2.75) is 12.9 Å². The Balaban J connectivity index is 1.70. The fraction of sp³-hybridized carbons (Fsp3) is 0.100. The van der Waals surface area contributed by atoms with Gasteiger partial charge in [-0.1, -0.05) is 18.2 Å². The molecule has 0 saturated heterocycles. The number of pyridine rings is 1. The summed E-state index contributed by atoms with van der Waals surface area (Å²) < 4.78 is 57.0. The molecule has 0 radical (unpaired) electrons. The predicted octanol–water partition coefficient (Wildman–Crippen LogP) is 3.98. The molecule has 1 N–H and O–H groups in total. The molecule has 4 rings (SSSR count). The Morgan fingerprint density at radius 3 is 2.47 bits per heavy atom. The Hall–Kier alpha value is -3.82. The molecule has 6 nitrogen and oxygen atoms in total. The van der Waals surface area contributed by atoms with Gasteiger partial charge in [0, 0.05) is 10.9 Å². The van der Waals surface area contributed by atoms with Crippen LogP contribution in [0.5, 0.6) is 11.6 Å². The molecule has 10 heteroatoms. The predicted molar refractivity (Wildman–Crippen MR) is 99.2 cm³/mol. The molecule has 2 aromatic heterocycles. The van der Waals surface area contributed by atoms with Crippen LogP contribution in [0.4, 0.5) is 17.6 Å². The summed E-state index contributed by atoms with van der Waals surface area (Å²) in [6.45, 7) is -0.177. The quantitative estimate of drug-likeness (QED) is 0.508. The molecule has 0 aliphatic heterocycles. The smallest absolute Gasteiger partial charge is 0.493 e. The average molecular weight is 419 g/mol. The molecule has 0 unspecified atom stereocenters. The first kappa shape index (κ1) is 19.5. The second-order valence-corrected chi connectivity index (χ2v) is 6.38. The summed E-state index contributed by atoms with van der Waals surface area (Å²) in [5, 5.41) is 10.7. The number of para-hydroxylation sites is 1. The first-order valence-electron chi connectivity index (χ1n) is 8.62. The molecule has 0 bridgehead atoms. The van der Waals surface area contributed by atoms with Gasteiger partial charge in [-0.3, -0.25) is 9.55 Å². The number of hydrogen-bond acceptors (Lipinski definition) is 4. The SMILES string of the molecule is O=c1n(Cc2c(F)cnc3ccccc23)cc(O)n1-c1ccc(OC(F)(F)F)cc1. The van der Waals surface area contributed by atoms with E-state index in [1.54, 1.807) is 24.3 Å². The second-order valence-electron chi connectivity index (χ2n) is 6.38. The Morgan fingerprint density at radius 1 is 1.07 bits per heavy atom. The fourth-order valence-corrected chi connectivity index (χ4v) is 3.14. The van der Waals surface area contributed by atoms with E-state index < -0.39 is 29.5 Å². The minimum absolute atomic E-state index is 0.117. The number of aromatic hydroxyl groups is 1. The summed E-state index contributed by atoms with van der Waals surface area (Å²) in [6.07, 6.45) is -2.67. The van der Waals surface area contributed by atoms with Crippen molar-refractivity contribution in [3.05, 3.63) is 82.8 Å². The number of rotatable bonds is 4. The van der Waals surface area contributed by atoms with Crippen LogP contribution in [0.25, 0.3) is 16.6 Å². The van der Waals surface area contributed by atoms with E-state index in [0.29, 0.717) is 10.9 Å². The summed E-state index contributed by atoms with van der Waals surface area (Å²) >= 11 is 0. The van der Waals surface area contributed by atoms with E-state index in [1.165, 1.54) is 12.1 Å². The number of benzene rings is 2. The molecular formula is C20H13F4N3O3. The molecule has 2 heterocycles. The number of hydrogen-bond donors (Lipinski definition) is 1. The van der Waals surface area contributed by atoms with E-state index >= 15 is 0 Å². The van der Waals surface area contributed by atoms with Gasteiger partial charge in [0.15, 0.2) is 0 Å². The van der Waals surface area contributed by atoms with Gasteiger partial charge in [-0.15, -0.1) is 13.2 Å². The highest BCUT2D eigenvalue weighted by atomic mass is 19.4. The molecule has 30 heavy (non-hydrogen) atoms.